The van der Waals surface area contributed by atoms with Crippen molar-refractivity contribution in [2.75, 3.05) is 11.9 Å². The Labute approximate surface area is 171 Å². The van der Waals surface area contributed by atoms with Gasteiger partial charge in [0.05, 0.1) is 17.1 Å². The summed E-state index contributed by atoms with van der Waals surface area (Å²) in [6, 6.07) is 6.22. The minimum Gasteiger partial charge on any atom is -0.462 e. The number of aryl methyl sites for hydroxylation is 2. The smallest absolute Gasteiger partial charge is 0.341 e. The molecule has 0 fully saturated rings. The van der Waals surface area contributed by atoms with E-state index >= 15 is 0 Å². The largest absolute Gasteiger partial charge is 0.462 e. The predicted octanol–water partition coefficient (Wildman–Crippen LogP) is 4.30. The Kier molecular flexibility index (Phi) is 6.85. The van der Waals surface area contributed by atoms with Crippen LogP contribution in [0.25, 0.3) is 6.08 Å². The third kappa shape index (κ3) is 4.86. The van der Waals surface area contributed by atoms with Gasteiger partial charge in [0, 0.05) is 16.5 Å². The summed E-state index contributed by atoms with van der Waals surface area (Å²) in [5, 5.41) is 23.4. The molecule has 0 atom stereocenters. The highest BCUT2D eigenvalue weighted by molar-refractivity contribution is 7.16. The summed E-state index contributed by atoms with van der Waals surface area (Å²) >= 11 is 1.21. The van der Waals surface area contributed by atoms with Gasteiger partial charge in [0.15, 0.2) is 0 Å². The number of hydrogen-bond acceptors (Lipinski definition) is 7. The van der Waals surface area contributed by atoms with E-state index in [9.17, 15) is 25.0 Å². The standard InChI is InChI=1S/C20H19N3O5S/c1-5-28-20(25)17-12(3)13(4)29-19(17)22-18(24)15(10-21)8-14-7-6-11(2)16(9-14)23(26)27/h6-9H,5H2,1-4H3,(H,22,24)/b15-8-. The monoisotopic (exact) mass is 413 g/mol. The number of carbonyl (C=O) groups excluding carboxylic acids is 2. The number of benzene rings is 1. The van der Waals surface area contributed by atoms with Gasteiger partial charge in [-0.3, -0.25) is 14.9 Å². The molecule has 2 rings (SSSR count). The van der Waals surface area contributed by atoms with Crippen molar-refractivity contribution in [2.24, 2.45) is 0 Å². The van der Waals surface area contributed by atoms with Crippen molar-refractivity contribution in [1.29, 1.82) is 5.26 Å². The molecule has 150 valence electrons. The molecule has 0 radical (unpaired) electrons. The quantitative estimate of drug-likeness (QED) is 0.248. The van der Waals surface area contributed by atoms with Crippen LogP contribution >= 0.6 is 11.3 Å². The van der Waals surface area contributed by atoms with Crippen LogP contribution in [-0.4, -0.2) is 23.4 Å². The highest BCUT2D eigenvalue weighted by Crippen LogP contribution is 2.33. The molecular formula is C20H19N3O5S. The average Bonchev–Trinajstić information content (AvgIpc) is 2.94. The van der Waals surface area contributed by atoms with Gasteiger partial charge in [-0.1, -0.05) is 12.1 Å². The van der Waals surface area contributed by atoms with Gasteiger partial charge in [0.2, 0.25) is 0 Å². The van der Waals surface area contributed by atoms with Gasteiger partial charge in [-0.25, -0.2) is 4.79 Å². The molecule has 0 aliphatic rings. The number of rotatable bonds is 6. The minimum absolute atomic E-state index is 0.106. The first-order valence-electron chi connectivity index (χ1n) is 8.64. The lowest BCUT2D eigenvalue weighted by molar-refractivity contribution is -0.385. The number of nitro groups is 1. The third-order valence-corrected chi connectivity index (χ3v) is 5.32. The van der Waals surface area contributed by atoms with Crippen LogP contribution in [0.3, 0.4) is 0 Å². The fraction of sp³-hybridized carbons (Fsp3) is 0.250. The Morgan fingerprint density at radius 3 is 2.62 bits per heavy atom. The Morgan fingerprint density at radius 1 is 1.34 bits per heavy atom. The molecule has 9 heteroatoms. The first-order valence-corrected chi connectivity index (χ1v) is 9.46. The van der Waals surface area contributed by atoms with E-state index < -0.39 is 16.8 Å². The third-order valence-electron chi connectivity index (χ3n) is 4.20. The minimum atomic E-state index is -0.720. The molecular weight excluding hydrogens is 394 g/mol. The van der Waals surface area contributed by atoms with E-state index in [1.54, 1.807) is 39.0 Å². The van der Waals surface area contributed by atoms with Crippen molar-refractivity contribution < 1.29 is 19.2 Å². The van der Waals surface area contributed by atoms with Crippen LogP contribution in [0.1, 0.15) is 38.8 Å². The van der Waals surface area contributed by atoms with Crippen LogP contribution < -0.4 is 5.32 Å². The van der Waals surface area contributed by atoms with Gasteiger partial charge >= 0.3 is 5.97 Å². The van der Waals surface area contributed by atoms with Crippen LogP contribution in [-0.2, 0) is 9.53 Å². The highest BCUT2D eigenvalue weighted by atomic mass is 32.1. The molecule has 2 aromatic rings. The number of hydrogen-bond donors (Lipinski definition) is 1. The van der Waals surface area contributed by atoms with Crippen molar-refractivity contribution in [3.05, 3.63) is 61.0 Å². The Bertz CT molecular complexity index is 1060. The first kappa shape index (κ1) is 21.8. The molecule has 1 aromatic carbocycles. The molecule has 0 aliphatic carbocycles. The molecule has 0 aliphatic heterocycles. The zero-order valence-electron chi connectivity index (χ0n) is 16.4. The second-order valence-corrected chi connectivity index (χ2v) is 7.36. The average molecular weight is 413 g/mol. The van der Waals surface area contributed by atoms with Gasteiger partial charge in [-0.2, -0.15) is 5.26 Å². The molecule has 1 heterocycles. The Hall–Kier alpha value is -3.51. The van der Waals surface area contributed by atoms with Crippen molar-refractivity contribution >= 4 is 40.0 Å². The van der Waals surface area contributed by atoms with Crippen LogP contribution in [0.15, 0.2) is 23.8 Å². The van der Waals surface area contributed by atoms with Gasteiger partial charge in [0.25, 0.3) is 11.6 Å². The Morgan fingerprint density at radius 2 is 2.03 bits per heavy atom. The molecule has 0 unspecified atom stereocenters. The lowest BCUT2D eigenvalue weighted by atomic mass is 10.1. The summed E-state index contributed by atoms with van der Waals surface area (Å²) in [6.07, 6.45) is 1.26. The van der Waals surface area contributed by atoms with E-state index in [4.69, 9.17) is 4.74 Å². The molecule has 1 aromatic heterocycles. The van der Waals surface area contributed by atoms with Crippen molar-refractivity contribution in [1.82, 2.24) is 0 Å². The van der Waals surface area contributed by atoms with Crippen LogP contribution in [0.4, 0.5) is 10.7 Å². The zero-order chi connectivity index (χ0) is 21.7. The SMILES string of the molecule is CCOC(=O)c1c(NC(=O)/C(C#N)=C\c2ccc(C)c([N+](=O)[O-])c2)sc(C)c1C. The second kappa shape index (κ2) is 9.12. The van der Waals surface area contributed by atoms with Gasteiger partial charge in [-0.05, 0) is 44.9 Å². The summed E-state index contributed by atoms with van der Waals surface area (Å²) in [5.41, 5.74) is 1.41. The van der Waals surface area contributed by atoms with Crippen molar-refractivity contribution in [2.45, 2.75) is 27.7 Å². The maximum absolute atomic E-state index is 12.6. The van der Waals surface area contributed by atoms with Crippen molar-refractivity contribution in [3.63, 3.8) is 0 Å². The molecule has 29 heavy (non-hydrogen) atoms. The van der Waals surface area contributed by atoms with Gasteiger partial charge < -0.3 is 10.1 Å². The fourth-order valence-corrected chi connectivity index (χ4v) is 3.61. The van der Waals surface area contributed by atoms with Crippen LogP contribution in [0.5, 0.6) is 0 Å². The van der Waals surface area contributed by atoms with E-state index in [1.807, 2.05) is 6.92 Å². The van der Waals surface area contributed by atoms with Crippen molar-refractivity contribution in [3.8, 4) is 6.07 Å². The lowest BCUT2D eigenvalue weighted by Gasteiger charge is -2.07. The lowest BCUT2D eigenvalue weighted by Crippen LogP contribution is -2.16. The number of nitro benzene ring substituents is 1. The van der Waals surface area contributed by atoms with E-state index in [-0.39, 0.29) is 23.4 Å². The maximum atomic E-state index is 12.6. The molecule has 0 spiro atoms. The topological polar surface area (TPSA) is 122 Å². The number of amides is 1. The number of nitrogens with one attached hydrogen (secondary N) is 1. The number of anilines is 1. The number of esters is 1. The molecule has 1 N–H and O–H groups in total. The molecule has 8 nitrogen and oxygen atoms in total. The molecule has 0 saturated carbocycles. The maximum Gasteiger partial charge on any atom is 0.341 e. The number of nitrogens with zero attached hydrogens (tertiary/aromatic N) is 2. The summed E-state index contributed by atoms with van der Waals surface area (Å²) in [4.78, 5) is 36.2. The predicted molar refractivity (Wildman–Crippen MR) is 110 cm³/mol. The number of nitriles is 1. The molecule has 0 bridgehead atoms. The number of thiophene rings is 1. The van der Waals surface area contributed by atoms with E-state index in [0.717, 1.165) is 4.88 Å². The summed E-state index contributed by atoms with van der Waals surface area (Å²) in [5.74, 6) is -1.27. The van der Waals surface area contributed by atoms with Crippen LogP contribution in [0, 0.1) is 42.2 Å². The molecule has 0 saturated heterocycles. The fourth-order valence-electron chi connectivity index (χ4n) is 2.56. The highest BCUT2D eigenvalue weighted by Gasteiger charge is 2.23. The summed E-state index contributed by atoms with van der Waals surface area (Å²) in [7, 11) is 0. The van der Waals surface area contributed by atoms with Gasteiger partial charge in [0.1, 0.15) is 16.6 Å². The normalized spacial score (nSPS) is 10.9. The Balaban J connectivity index is 2.37. The second-order valence-electron chi connectivity index (χ2n) is 6.13. The van der Waals surface area contributed by atoms with E-state index in [0.29, 0.717) is 21.7 Å². The zero-order valence-corrected chi connectivity index (χ0v) is 17.2. The number of ether oxygens (including phenoxy) is 1. The first-order chi connectivity index (χ1) is 13.7. The van der Waals surface area contributed by atoms with E-state index in [1.165, 1.54) is 23.5 Å². The van der Waals surface area contributed by atoms with Crippen LogP contribution in [0.2, 0.25) is 0 Å². The summed E-state index contributed by atoms with van der Waals surface area (Å²) in [6.45, 7) is 7.03. The molecule has 1 amide bonds. The summed E-state index contributed by atoms with van der Waals surface area (Å²) < 4.78 is 5.05. The number of carbonyl (C=O) groups is 2. The van der Waals surface area contributed by atoms with E-state index in [2.05, 4.69) is 5.32 Å². The van der Waals surface area contributed by atoms with Gasteiger partial charge in [-0.15, -0.1) is 11.3 Å².